The van der Waals surface area contributed by atoms with Gasteiger partial charge in [-0.3, -0.25) is 14.5 Å². The first kappa shape index (κ1) is 26.1. The number of pyridine rings is 1. The average molecular weight is 553 g/mol. The van der Waals surface area contributed by atoms with Crippen molar-refractivity contribution in [2.75, 3.05) is 31.5 Å². The monoisotopic (exact) mass is 552 g/mol. The summed E-state index contributed by atoms with van der Waals surface area (Å²) in [7, 11) is 0. The van der Waals surface area contributed by atoms with Crippen LogP contribution in [0, 0.1) is 0 Å². The molecule has 0 saturated heterocycles. The highest BCUT2D eigenvalue weighted by Crippen LogP contribution is 2.38. The number of fused-ring (bicyclic) bond motifs is 4. The summed E-state index contributed by atoms with van der Waals surface area (Å²) in [5, 5.41) is 10.2. The summed E-state index contributed by atoms with van der Waals surface area (Å²) in [5.74, 6) is 0.859. The number of likely N-dealkylation sites (N-methyl/N-ethyl adjacent to an activating group) is 1. The smallest absolute Gasteiger partial charge is 0.246 e. The molecule has 5 aromatic rings. The Morgan fingerprint density at radius 3 is 2.88 bits per heavy atom. The lowest BCUT2D eigenvalue weighted by Crippen LogP contribution is -2.34. The van der Waals surface area contributed by atoms with Crippen LogP contribution in [0.1, 0.15) is 30.0 Å². The summed E-state index contributed by atoms with van der Waals surface area (Å²) in [6.07, 6.45) is 9.77. The topological polar surface area (TPSA) is 92.1 Å². The van der Waals surface area contributed by atoms with Gasteiger partial charge in [-0.2, -0.15) is 5.10 Å². The number of carbonyl (C=O) groups excluding carboxylic acids is 1. The zero-order valence-corrected chi connectivity index (χ0v) is 23.6. The molecule has 1 aliphatic heterocycles. The minimum Gasteiger partial charge on any atom is -0.340 e. The molecule has 0 saturated carbocycles. The molecule has 0 unspecified atom stereocenters. The molecule has 9 nitrogen and oxygen atoms in total. The van der Waals surface area contributed by atoms with Crippen molar-refractivity contribution in [2.24, 2.45) is 0 Å². The highest BCUT2D eigenvalue weighted by molar-refractivity contribution is 7.19. The van der Waals surface area contributed by atoms with E-state index in [4.69, 9.17) is 0 Å². The molecule has 1 aliphatic rings. The van der Waals surface area contributed by atoms with Crippen molar-refractivity contribution in [3.63, 3.8) is 0 Å². The van der Waals surface area contributed by atoms with E-state index in [9.17, 15) is 4.79 Å². The van der Waals surface area contributed by atoms with Crippen molar-refractivity contribution < 1.29 is 4.79 Å². The van der Waals surface area contributed by atoms with Crippen LogP contribution >= 0.6 is 11.3 Å². The molecule has 0 bridgehead atoms. The quantitative estimate of drug-likeness (QED) is 0.257. The fourth-order valence-corrected chi connectivity index (χ4v) is 6.38. The maximum Gasteiger partial charge on any atom is 0.246 e. The second-order valence-corrected chi connectivity index (χ2v) is 10.9. The Morgan fingerprint density at radius 1 is 1.15 bits per heavy atom. The molecule has 10 heteroatoms. The van der Waals surface area contributed by atoms with E-state index in [0.717, 1.165) is 64.4 Å². The number of anilines is 2. The van der Waals surface area contributed by atoms with E-state index in [0.29, 0.717) is 19.6 Å². The number of nitrogens with zero attached hydrogens (tertiary/aromatic N) is 7. The molecule has 40 heavy (non-hydrogen) atoms. The van der Waals surface area contributed by atoms with E-state index >= 15 is 0 Å². The lowest BCUT2D eigenvalue weighted by atomic mass is 10.0. The maximum atomic E-state index is 12.9. The van der Waals surface area contributed by atoms with Gasteiger partial charge in [-0.1, -0.05) is 26.0 Å². The van der Waals surface area contributed by atoms with E-state index in [-0.39, 0.29) is 5.91 Å². The molecule has 5 heterocycles. The second kappa shape index (κ2) is 11.5. The van der Waals surface area contributed by atoms with Crippen molar-refractivity contribution in [2.45, 2.75) is 33.4 Å². The van der Waals surface area contributed by atoms with Gasteiger partial charge in [-0.05, 0) is 55.4 Å². The highest BCUT2D eigenvalue weighted by atomic mass is 32.1. The van der Waals surface area contributed by atoms with Gasteiger partial charge < -0.3 is 15.1 Å². The second-order valence-electron chi connectivity index (χ2n) is 9.83. The van der Waals surface area contributed by atoms with Crippen molar-refractivity contribution in [1.29, 1.82) is 0 Å². The van der Waals surface area contributed by atoms with Gasteiger partial charge in [0.15, 0.2) is 0 Å². The third kappa shape index (κ3) is 5.32. The van der Waals surface area contributed by atoms with Crippen LogP contribution in [0.25, 0.3) is 21.1 Å². The summed E-state index contributed by atoms with van der Waals surface area (Å²) in [6.45, 7) is 8.92. The van der Waals surface area contributed by atoms with Crippen LogP contribution in [0.15, 0.2) is 67.3 Å². The molecule has 0 aliphatic carbocycles. The van der Waals surface area contributed by atoms with Crippen LogP contribution in [-0.2, 0) is 24.3 Å². The lowest BCUT2D eigenvalue weighted by molar-refractivity contribution is -0.126. The van der Waals surface area contributed by atoms with Gasteiger partial charge >= 0.3 is 0 Å². The molecule has 4 aromatic heterocycles. The van der Waals surface area contributed by atoms with Crippen LogP contribution < -0.4 is 5.32 Å². The Morgan fingerprint density at radius 2 is 2.05 bits per heavy atom. The Labute approximate surface area is 237 Å². The van der Waals surface area contributed by atoms with Crippen molar-refractivity contribution in [3.8, 4) is 0 Å². The van der Waals surface area contributed by atoms with Gasteiger partial charge in [0.05, 0.1) is 35.9 Å². The van der Waals surface area contributed by atoms with Crippen molar-refractivity contribution >= 4 is 49.9 Å². The highest BCUT2D eigenvalue weighted by Gasteiger charge is 2.25. The molecule has 0 fully saturated rings. The molecule has 0 radical (unpaired) electrons. The fourth-order valence-electron chi connectivity index (χ4n) is 5.17. The van der Waals surface area contributed by atoms with Crippen LogP contribution in [0.3, 0.4) is 0 Å². The van der Waals surface area contributed by atoms with Gasteiger partial charge in [-0.25, -0.2) is 9.97 Å². The number of hydrogen-bond donors (Lipinski definition) is 1. The van der Waals surface area contributed by atoms with Gasteiger partial charge in [0, 0.05) is 41.3 Å². The molecular formula is C30H32N8OS. The molecule has 0 spiro atoms. The zero-order chi connectivity index (χ0) is 27.5. The molecule has 1 N–H and O–H groups in total. The summed E-state index contributed by atoms with van der Waals surface area (Å²) >= 11 is 1.65. The Kier molecular flexibility index (Phi) is 7.52. The first-order valence-electron chi connectivity index (χ1n) is 13.7. The minimum absolute atomic E-state index is 0.0663. The largest absolute Gasteiger partial charge is 0.340 e. The van der Waals surface area contributed by atoms with Gasteiger partial charge in [0.2, 0.25) is 5.91 Å². The molecular weight excluding hydrogens is 520 g/mol. The van der Waals surface area contributed by atoms with Crippen LogP contribution in [-0.4, -0.2) is 66.6 Å². The normalized spacial score (nSPS) is 13.5. The molecule has 1 amide bonds. The van der Waals surface area contributed by atoms with E-state index in [1.807, 2.05) is 40.1 Å². The van der Waals surface area contributed by atoms with Crippen molar-refractivity contribution in [1.82, 2.24) is 34.5 Å². The third-order valence-corrected chi connectivity index (χ3v) is 8.53. The van der Waals surface area contributed by atoms with E-state index < -0.39 is 0 Å². The molecule has 0 atom stereocenters. The fraction of sp³-hybridized carbons (Fsp3) is 0.300. The van der Waals surface area contributed by atoms with Crippen LogP contribution in [0.5, 0.6) is 0 Å². The number of aromatic nitrogens is 5. The van der Waals surface area contributed by atoms with E-state index in [1.54, 1.807) is 29.9 Å². The Balaban J connectivity index is 1.20. The zero-order valence-electron chi connectivity index (χ0n) is 22.7. The number of rotatable bonds is 9. The summed E-state index contributed by atoms with van der Waals surface area (Å²) < 4.78 is 1.96. The molecule has 1 aromatic carbocycles. The number of benzene rings is 1. The van der Waals surface area contributed by atoms with Gasteiger partial charge in [0.25, 0.3) is 0 Å². The Hall–Kier alpha value is -4.15. The number of amides is 1. The number of thiophene rings is 1. The molecule has 6 rings (SSSR count). The minimum atomic E-state index is 0.0663. The van der Waals surface area contributed by atoms with Crippen LogP contribution in [0.4, 0.5) is 11.5 Å². The average Bonchev–Trinajstić information content (AvgIpc) is 3.56. The third-order valence-electron chi connectivity index (χ3n) is 7.41. The summed E-state index contributed by atoms with van der Waals surface area (Å²) in [5.41, 5.74) is 4.20. The number of nitrogens with one attached hydrogen (secondary N) is 1. The summed E-state index contributed by atoms with van der Waals surface area (Å²) in [6, 6.07) is 12.1. The van der Waals surface area contributed by atoms with Crippen molar-refractivity contribution in [3.05, 3.63) is 83.4 Å². The lowest BCUT2D eigenvalue weighted by Gasteiger charge is -2.26. The summed E-state index contributed by atoms with van der Waals surface area (Å²) in [4.78, 5) is 32.8. The van der Waals surface area contributed by atoms with E-state index in [2.05, 4.69) is 62.3 Å². The predicted octanol–water partition coefficient (Wildman–Crippen LogP) is 5.01. The maximum absolute atomic E-state index is 12.9. The predicted molar refractivity (Wildman–Crippen MR) is 160 cm³/mol. The first-order valence-corrected chi connectivity index (χ1v) is 14.5. The number of hydrogen-bond acceptors (Lipinski definition) is 8. The SMILES string of the molecule is CCN(CC)CC=CC(=O)N1CCc2c(sc3ncnc(Nc4ccc5c(cnn5Cc5ccccn5)c4)c23)C1. The Bertz CT molecular complexity index is 1670. The number of carbonyl (C=O) groups is 1. The van der Waals surface area contributed by atoms with Gasteiger partial charge in [0.1, 0.15) is 17.0 Å². The first-order chi connectivity index (χ1) is 19.6. The molecule has 204 valence electrons. The van der Waals surface area contributed by atoms with Gasteiger partial charge in [-0.15, -0.1) is 11.3 Å². The standard InChI is InChI=1S/C30H32N8OS/c1-3-36(4-2)14-7-9-27(39)37-15-12-24-26(19-37)40-30-28(24)29(32-20-33-30)35-22-10-11-25-21(16-22)17-34-38(25)18-23-8-5-6-13-31-23/h5-11,13,16-17,20H,3-4,12,14-15,18-19H2,1-2H3,(H,32,33,35). The van der Waals surface area contributed by atoms with Crippen LogP contribution in [0.2, 0.25) is 0 Å². The van der Waals surface area contributed by atoms with E-state index in [1.165, 1.54) is 10.4 Å².